The third-order valence-corrected chi connectivity index (χ3v) is 3.73. The van der Waals surface area contributed by atoms with E-state index in [-0.39, 0.29) is 0 Å². The van der Waals surface area contributed by atoms with Gasteiger partial charge < -0.3 is 15.4 Å². The van der Waals surface area contributed by atoms with Crippen LogP contribution < -0.4 is 15.4 Å². The van der Waals surface area contributed by atoms with E-state index in [1.54, 1.807) is 24.3 Å². The zero-order valence-corrected chi connectivity index (χ0v) is 14.6. The Hall–Kier alpha value is -2.36. The van der Waals surface area contributed by atoms with E-state index in [1.165, 1.54) is 0 Å². The minimum Gasteiger partial charge on any atom is -0.487 e. The highest BCUT2D eigenvalue weighted by molar-refractivity contribution is 9.10. The van der Waals surface area contributed by atoms with Crippen molar-refractivity contribution in [3.8, 4) is 11.8 Å². The molecule has 0 aliphatic carbocycles. The molecule has 4 nitrogen and oxygen atoms in total. The standard InChI is InChI=1S/C17H14BrN3OS/c1-2-9-22-16-10-12(11-19)7-8-15(16)21-17(23)20-14-6-4-3-5-13(14)18/h2-8,10H,1,9H2,(H2,20,21,23). The summed E-state index contributed by atoms with van der Waals surface area (Å²) in [6.07, 6.45) is 1.64. The largest absolute Gasteiger partial charge is 0.487 e. The molecular formula is C17H14BrN3OS. The van der Waals surface area contributed by atoms with Crippen LogP contribution in [0.15, 0.2) is 59.6 Å². The minimum atomic E-state index is 0.341. The zero-order chi connectivity index (χ0) is 16.7. The molecule has 2 aromatic carbocycles. The molecule has 0 atom stereocenters. The third-order valence-electron chi connectivity index (χ3n) is 2.84. The smallest absolute Gasteiger partial charge is 0.175 e. The highest BCUT2D eigenvalue weighted by Crippen LogP contribution is 2.27. The molecular weight excluding hydrogens is 374 g/mol. The summed E-state index contributed by atoms with van der Waals surface area (Å²) >= 11 is 8.78. The van der Waals surface area contributed by atoms with E-state index < -0.39 is 0 Å². The number of ether oxygens (including phenoxy) is 1. The van der Waals surface area contributed by atoms with Crippen molar-refractivity contribution in [1.82, 2.24) is 0 Å². The lowest BCUT2D eigenvalue weighted by atomic mass is 10.2. The van der Waals surface area contributed by atoms with Crippen LogP contribution in [0.1, 0.15) is 5.56 Å². The number of anilines is 2. The van der Waals surface area contributed by atoms with Gasteiger partial charge in [0, 0.05) is 10.5 Å². The fourth-order valence-corrected chi connectivity index (χ4v) is 2.41. The van der Waals surface area contributed by atoms with Crippen LogP contribution in [0.2, 0.25) is 0 Å². The van der Waals surface area contributed by atoms with Crippen LogP contribution in [0.4, 0.5) is 11.4 Å². The maximum absolute atomic E-state index is 9.00. The normalized spacial score (nSPS) is 9.57. The van der Waals surface area contributed by atoms with Gasteiger partial charge in [-0.15, -0.1) is 0 Å². The fourth-order valence-electron chi connectivity index (χ4n) is 1.80. The number of para-hydroxylation sites is 1. The molecule has 0 amide bonds. The molecule has 23 heavy (non-hydrogen) atoms. The van der Waals surface area contributed by atoms with Crippen LogP contribution in [0.25, 0.3) is 0 Å². The second-order valence-electron chi connectivity index (χ2n) is 4.48. The number of hydrogen-bond donors (Lipinski definition) is 2. The molecule has 0 spiro atoms. The van der Waals surface area contributed by atoms with Gasteiger partial charge in [0.05, 0.1) is 23.0 Å². The van der Waals surface area contributed by atoms with Gasteiger partial charge >= 0.3 is 0 Å². The van der Waals surface area contributed by atoms with Gasteiger partial charge in [-0.1, -0.05) is 24.8 Å². The number of nitriles is 1. The Morgan fingerprint density at radius 1 is 1.26 bits per heavy atom. The van der Waals surface area contributed by atoms with Crippen LogP contribution >= 0.6 is 28.1 Å². The number of benzene rings is 2. The predicted octanol–water partition coefficient (Wildman–Crippen LogP) is 4.69. The topological polar surface area (TPSA) is 57.1 Å². The molecule has 0 aliphatic heterocycles. The number of hydrogen-bond acceptors (Lipinski definition) is 3. The number of thiocarbonyl (C=S) groups is 1. The molecule has 6 heteroatoms. The van der Waals surface area contributed by atoms with E-state index in [0.29, 0.717) is 28.7 Å². The van der Waals surface area contributed by atoms with Crippen LogP contribution in [-0.2, 0) is 0 Å². The van der Waals surface area contributed by atoms with Crippen LogP contribution in [-0.4, -0.2) is 11.7 Å². The van der Waals surface area contributed by atoms with E-state index in [4.69, 9.17) is 22.2 Å². The van der Waals surface area contributed by atoms with Gasteiger partial charge in [-0.3, -0.25) is 0 Å². The Morgan fingerprint density at radius 2 is 2.00 bits per heavy atom. The van der Waals surface area contributed by atoms with Crippen LogP contribution in [0.3, 0.4) is 0 Å². The van der Waals surface area contributed by atoms with E-state index in [1.807, 2.05) is 24.3 Å². The highest BCUT2D eigenvalue weighted by Gasteiger charge is 2.08. The van der Waals surface area contributed by atoms with Crippen molar-refractivity contribution in [2.75, 3.05) is 17.2 Å². The number of rotatable bonds is 5. The van der Waals surface area contributed by atoms with Gasteiger partial charge in [0.15, 0.2) is 5.11 Å². The third kappa shape index (κ3) is 4.81. The summed E-state index contributed by atoms with van der Waals surface area (Å²) in [5, 5.41) is 15.6. The maximum atomic E-state index is 9.00. The first-order valence-corrected chi connectivity index (χ1v) is 7.94. The molecule has 0 radical (unpaired) electrons. The van der Waals surface area contributed by atoms with Gasteiger partial charge in [-0.05, 0) is 52.4 Å². The van der Waals surface area contributed by atoms with E-state index in [0.717, 1.165) is 10.2 Å². The summed E-state index contributed by atoms with van der Waals surface area (Å²) in [4.78, 5) is 0. The quantitative estimate of drug-likeness (QED) is 0.575. The van der Waals surface area contributed by atoms with Gasteiger partial charge in [-0.2, -0.15) is 5.26 Å². The molecule has 2 rings (SSSR count). The molecule has 2 N–H and O–H groups in total. The summed E-state index contributed by atoms with van der Waals surface area (Å²) in [5.41, 5.74) is 2.04. The monoisotopic (exact) mass is 387 g/mol. The first kappa shape index (κ1) is 17.0. The van der Waals surface area contributed by atoms with Gasteiger partial charge in [0.1, 0.15) is 12.4 Å². The van der Waals surface area contributed by atoms with Crippen molar-refractivity contribution in [2.24, 2.45) is 0 Å². The first-order chi connectivity index (χ1) is 11.1. The lowest BCUT2D eigenvalue weighted by molar-refractivity contribution is 0.365. The molecule has 0 bridgehead atoms. The van der Waals surface area contributed by atoms with Crippen molar-refractivity contribution in [3.05, 3.63) is 65.2 Å². The van der Waals surface area contributed by atoms with Gasteiger partial charge in [-0.25, -0.2) is 0 Å². The van der Waals surface area contributed by atoms with Gasteiger partial charge in [0.25, 0.3) is 0 Å². The summed E-state index contributed by atoms with van der Waals surface area (Å²) in [7, 11) is 0. The fraction of sp³-hybridized carbons (Fsp3) is 0.0588. The lowest BCUT2D eigenvalue weighted by Gasteiger charge is -2.15. The number of nitrogens with one attached hydrogen (secondary N) is 2. The van der Waals surface area contributed by atoms with Crippen molar-refractivity contribution in [2.45, 2.75) is 0 Å². The molecule has 0 saturated carbocycles. The summed E-state index contributed by atoms with van der Waals surface area (Å²) in [5.74, 6) is 0.542. The second-order valence-corrected chi connectivity index (χ2v) is 5.74. The molecule has 0 aromatic heterocycles. The summed E-state index contributed by atoms with van der Waals surface area (Å²) in [6, 6.07) is 14.9. The molecule has 0 fully saturated rings. The van der Waals surface area contributed by atoms with E-state index in [9.17, 15) is 0 Å². The average molecular weight is 388 g/mol. The Kier molecular flexibility index (Phi) is 6.15. The van der Waals surface area contributed by atoms with Crippen molar-refractivity contribution < 1.29 is 4.74 Å². The van der Waals surface area contributed by atoms with Crippen molar-refractivity contribution in [3.63, 3.8) is 0 Å². The highest BCUT2D eigenvalue weighted by atomic mass is 79.9. The van der Waals surface area contributed by atoms with Crippen LogP contribution in [0, 0.1) is 11.3 Å². The number of halogens is 1. The van der Waals surface area contributed by atoms with Crippen LogP contribution in [0.5, 0.6) is 5.75 Å². The minimum absolute atomic E-state index is 0.341. The molecule has 0 unspecified atom stereocenters. The molecule has 116 valence electrons. The molecule has 0 aliphatic rings. The predicted molar refractivity (Wildman–Crippen MR) is 101 cm³/mol. The maximum Gasteiger partial charge on any atom is 0.175 e. The Balaban J connectivity index is 2.15. The zero-order valence-electron chi connectivity index (χ0n) is 12.2. The van der Waals surface area contributed by atoms with E-state index in [2.05, 4.69) is 39.2 Å². The van der Waals surface area contributed by atoms with E-state index >= 15 is 0 Å². The second kappa shape index (κ2) is 8.32. The summed E-state index contributed by atoms with van der Waals surface area (Å²) < 4.78 is 6.48. The van der Waals surface area contributed by atoms with Gasteiger partial charge in [0.2, 0.25) is 0 Å². The molecule has 0 saturated heterocycles. The molecule has 0 heterocycles. The Labute approximate surface area is 148 Å². The Morgan fingerprint density at radius 3 is 2.70 bits per heavy atom. The first-order valence-electron chi connectivity index (χ1n) is 6.74. The SMILES string of the molecule is C=CCOc1cc(C#N)ccc1NC(=S)Nc1ccccc1Br. The average Bonchev–Trinajstić information content (AvgIpc) is 2.56. The number of nitrogens with zero attached hydrogens (tertiary/aromatic N) is 1. The summed E-state index contributed by atoms with van der Waals surface area (Å²) in [6.45, 7) is 3.96. The van der Waals surface area contributed by atoms with Crippen molar-refractivity contribution >= 4 is 44.6 Å². The lowest BCUT2D eigenvalue weighted by Crippen LogP contribution is -2.19. The molecule has 2 aromatic rings. The van der Waals surface area contributed by atoms with Crippen molar-refractivity contribution in [1.29, 1.82) is 5.26 Å². The Bertz CT molecular complexity index is 771.